The second-order valence-electron chi connectivity index (χ2n) is 6.00. The second kappa shape index (κ2) is 7.03. The molecular weight excluding hydrogens is 362 g/mol. The zero-order valence-electron chi connectivity index (χ0n) is 14.1. The number of halogens is 2. The van der Waals surface area contributed by atoms with Crippen molar-refractivity contribution in [1.82, 2.24) is 0 Å². The average Bonchev–Trinajstić information content (AvgIpc) is 2.60. The molecule has 2 aromatic rings. The summed E-state index contributed by atoms with van der Waals surface area (Å²) < 4.78 is 52.5. The van der Waals surface area contributed by atoms with Crippen molar-refractivity contribution in [2.45, 2.75) is 19.8 Å². The third-order valence-electron chi connectivity index (χ3n) is 4.29. The summed E-state index contributed by atoms with van der Waals surface area (Å²) in [6, 6.07) is 7.63. The third kappa shape index (κ3) is 3.55. The normalized spacial score (nSPS) is 14.0. The van der Waals surface area contributed by atoms with Crippen LogP contribution in [0.15, 0.2) is 36.4 Å². The number of carbonyl (C=O) groups excluding carboxylic acids is 1. The molecule has 8 heteroatoms. The van der Waals surface area contributed by atoms with Gasteiger partial charge in [-0.15, -0.1) is 0 Å². The van der Waals surface area contributed by atoms with Crippen LogP contribution in [0.4, 0.5) is 20.2 Å². The topological polar surface area (TPSA) is 66.5 Å². The van der Waals surface area contributed by atoms with Crippen molar-refractivity contribution in [2.24, 2.45) is 0 Å². The van der Waals surface area contributed by atoms with E-state index in [2.05, 4.69) is 5.32 Å². The molecule has 0 bridgehead atoms. The summed E-state index contributed by atoms with van der Waals surface area (Å²) in [5.41, 5.74) is 1.56. The first-order chi connectivity index (χ1) is 12.3. The van der Waals surface area contributed by atoms with E-state index in [0.29, 0.717) is 36.8 Å². The number of nitrogens with zero attached hydrogens (tertiary/aromatic N) is 1. The fourth-order valence-corrected chi connectivity index (χ4v) is 4.15. The lowest BCUT2D eigenvalue weighted by atomic mass is 10.0. The number of sulfonamides is 1. The van der Waals surface area contributed by atoms with E-state index in [1.165, 1.54) is 4.31 Å². The summed E-state index contributed by atoms with van der Waals surface area (Å²) in [4.78, 5) is 12.2. The minimum atomic E-state index is -3.36. The van der Waals surface area contributed by atoms with Crippen molar-refractivity contribution in [3.05, 3.63) is 59.2 Å². The molecule has 1 amide bonds. The highest BCUT2D eigenvalue weighted by atomic mass is 32.2. The molecule has 0 spiro atoms. The predicted molar refractivity (Wildman–Crippen MR) is 95.9 cm³/mol. The Balaban J connectivity index is 1.86. The van der Waals surface area contributed by atoms with Gasteiger partial charge in [0.25, 0.3) is 5.91 Å². The number of hydrogen-bond donors (Lipinski definition) is 1. The fraction of sp³-hybridized carbons (Fsp3) is 0.278. The summed E-state index contributed by atoms with van der Waals surface area (Å²) in [7, 11) is -3.36. The molecule has 0 radical (unpaired) electrons. The predicted octanol–water partition coefficient (Wildman–Crippen LogP) is 3.32. The molecule has 1 heterocycles. The molecule has 1 N–H and O–H groups in total. The van der Waals surface area contributed by atoms with Crippen molar-refractivity contribution < 1.29 is 22.0 Å². The molecule has 0 atom stereocenters. The van der Waals surface area contributed by atoms with Gasteiger partial charge in [0.05, 0.1) is 17.0 Å². The van der Waals surface area contributed by atoms with Crippen molar-refractivity contribution in [2.75, 3.05) is 21.9 Å². The molecule has 138 valence electrons. The van der Waals surface area contributed by atoms with Gasteiger partial charge in [-0.25, -0.2) is 17.2 Å². The van der Waals surface area contributed by atoms with Gasteiger partial charge in [-0.3, -0.25) is 9.10 Å². The van der Waals surface area contributed by atoms with Crippen molar-refractivity contribution >= 4 is 27.3 Å². The van der Waals surface area contributed by atoms with E-state index in [1.54, 1.807) is 25.1 Å². The highest BCUT2D eigenvalue weighted by Gasteiger charge is 2.26. The van der Waals surface area contributed by atoms with Gasteiger partial charge in [-0.1, -0.05) is 0 Å². The molecule has 3 rings (SSSR count). The first-order valence-electron chi connectivity index (χ1n) is 8.21. The number of carbonyl (C=O) groups is 1. The number of aryl methyl sites for hydroxylation is 1. The van der Waals surface area contributed by atoms with E-state index in [9.17, 15) is 22.0 Å². The Bertz CT molecular complexity index is 961. The molecule has 1 aliphatic heterocycles. The lowest BCUT2D eigenvalue weighted by molar-refractivity contribution is 0.102. The maximum atomic E-state index is 13.7. The summed E-state index contributed by atoms with van der Waals surface area (Å²) >= 11 is 0. The minimum absolute atomic E-state index is 0.00870. The molecule has 0 saturated carbocycles. The molecule has 0 fully saturated rings. The van der Waals surface area contributed by atoms with E-state index in [4.69, 9.17) is 0 Å². The first-order valence-corrected chi connectivity index (χ1v) is 9.82. The smallest absolute Gasteiger partial charge is 0.258 e. The first kappa shape index (κ1) is 18.3. The van der Waals surface area contributed by atoms with Crippen LogP contribution in [-0.2, 0) is 16.4 Å². The molecular formula is C18H18F2N2O3S. The maximum Gasteiger partial charge on any atom is 0.258 e. The lowest BCUT2D eigenvalue weighted by Crippen LogP contribution is -2.36. The van der Waals surface area contributed by atoms with Crippen molar-refractivity contribution in [3.8, 4) is 0 Å². The third-order valence-corrected chi connectivity index (χ3v) is 6.07. The Hall–Kier alpha value is -2.48. The maximum absolute atomic E-state index is 13.7. The number of anilines is 2. The van der Waals surface area contributed by atoms with Crippen LogP contribution in [0, 0.1) is 11.6 Å². The van der Waals surface area contributed by atoms with Gasteiger partial charge in [-0.05, 0) is 55.7 Å². The van der Waals surface area contributed by atoms with Crippen molar-refractivity contribution in [3.63, 3.8) is 0 Å². The van der Waals surface area contributed by atoms with Crippen LogP contribution in [0.5, 0.6) is 0 Å². The van der Waals surface area contributed by atoms with Gasteiger partial charge in [0.1, 0.15) is 11.6 Å². The van der Waals surface area contributed by atoms with E-state index >= 15 is 0 Å². The molecule has 0 saturated heterocycles. The molecule has 1 aliphatic rings. The highest BCUT2D eigenvalue weighted by molar-refractivity contribution is 7.92. The van der Waals surface area contributed by atoms with Gasteiger partial charge >= 0.3 is 0 Å². The quantitative estimate of drug-likeness (QED) is 0.885. The minimum Gasteiger partial charge on any atom is -0.322 e. The Kier molecular flexibility index (Phi) is 4.95. The summed E-state index contributed by atoms with van der Waals surface area (Å²) in [5.74, 6) is -2.39. The Morgan fingerprint density at radius 1 is 1.19 bits per heavy atom. The molecule has 0 aromatic heterocycles. The molecule has 0 unspecified atom stereocenters. The number of hydrogen-bond acceptors (Lipinski definition) is 3. The van der Waals surface area contributed by atoms with Gasteiger partial charge in [0.15, 0.2) is 0 Å². The number of nitrogens with one attached hydrogen (secondary N) is 1. The highest BCUT2D eigenvalue weighted by Crippen LogP contribution is 2.32. The van der Waals surface area contributed by atoms with E-state index in [1.807, 2.05) is 0 Å². The monoisotopic (exact) mass is 380 g/mol. The Morgan fingerprint density at radius 3 is 2.65 bits per heavy atom. The molecule has 26 heavy (non-hydrogen) atoms. The number of amides is 1. The lowest BCUT2D eigenvalue weighted by Gasteiger charge is -2.30. The second-order valence-corrected chi connectivity index (χ2v) is 8.18. The average molecular weight is 380 g/mol. The molecule has 2 aromatic carbocycles. The Morgan fingerprint density at radius 2 is 1.96 bits per heavy atom. The van der Waals surface area contributed by atoms with Crippen LogP contribution in [-0.4, -0.2) is 26.6 Å². The number of benzene rings is 2. The van der Waals surface area contributed by atoms with Crippen LogP contribution in [0.3, 0.4) is 0 Å². The molecule has 5 nitrogen and oxygen atoms in total. The van der Waals surface area contributed by atoms with E-state index in [0.717, 1.165) is 17.7 Å². The Labute approximate surface area is 150 Å². The van der Waals surface area contributed by atoms with E-state index in [-0.39, 0.29) is 11.3 Å². The van der Waals surface area contributed by atoms with Gasteiger partial charge in [0.2, 0.25) is 10.0 Å². The summed E-state index contributed by atoms with van der Waals surface area (Å²) in [5, 5.41) is 2.57. The van der Waals surface area contributed by atoms with Gasteiger partial charge in [-0.2, -0.15) is 0 Å². The van der Waals surface area contributed by atoms with Crippen LogP contribution in [0.25, 0.3) is 0 Å². The van der Waals surface area contributed by atoms with Crippen LogP contribution < -0.4 is 9.62 Å². The standard InChI is InChI=1S/C18H18F2N2O3S/c1-2-26(24,25)22-9-3-4-12-10-14(6-8-17(12)22)21-18(23)15-7-5-13(19)11-16(15)20/h5-8,10-11H,2-4,9H2,1H3,(H,21,23). The van der Waals surface area contributed by atoms with Crippen LogP contribution in [0.1, 0.15) is 29.3 Å². The summed E-state index contributed by atoms with van der Waals surface area (Å²) in [6.45, 7) is 2.02. The summed E-state index contributed by atoms with van der Waals surface area (Å²) in [6.07, 6.45) is 1.36. The largest absolute Gasteiger partial charge is 0.322 e. The zero-order chi connectivity index (χ0) is 18.9. The van der Waals surface area contributed by atoms with E-state index < -0.39 is 27.6 Å². The van der Waals surface area contributed by atoms with Crippen molar-refractivity contribution in [1.29, 1.82) is 0 Å². The SMILES string of the molecule is CCS(=O)(=O)N1CCCc2cc(NC(=O)c3ccc(F)cc3F)ccc21. The van der Waals surface area contributed by atoms with Crippen LogP contribution >= 0.6 is 0 Å². The van der Waals surface area contributed by atoms with Gasteiger partial charge < -0.3 is 5.32 Å². The zero-order valence-corrected chi connectivity index (χ0v) is 14.9. The van der Waals surface area contributed by atoms with Gasteiger partial charge in [0, 0.05) is 18.3 Å². The number of rotatable bonds is 4. The molecule has 0 aliphatic carbocycles. The number of fused-ring (bicyclic) bond motifs is 1. The fourth-order valence-electron chi connectivity index (χ4n) is 2.96. The van der Waals surface area contributed by atoms with Crippen LogP contribution in [0.2, 0.25) is 0 Å².